The number of carbonyl (C=O) groups excluding carboxylic acids is 2. The van der Waals surface area contributed by atoms with Crippen LogP contribution in [0.2, 0.25) is 0 Å². The molecule has 1 saturated heterocycles. The summed E-state index contributed by atoms with van der Waals surface area (Å²) in [5.74, 6) is 0.316. The molecule has 206 valence electrons. The average molecular weight is 559 g/mol. The van der Waals surface area contributed by atoms with Crippen molar-refractivity contribution >= 4 is 40.1 Å². The van der Waals surface area contributed by atoms with Crippen molar-refractivity contribution in [1.29, 1.82) is 5.26 Å². The number of rotatable bonds is 7. The summed E-state index contributed by atoms with van der Waals surface area (Å²) in [4.78, 5) is 38.3. The number of carbonyl (C=O) groups is 2. The van der Waals surface area contributed by atoms with Gasteiger partial charge in [0.05, 0.1) is 39.6 Å². The van der Waals surface area contributed by atoms with E-state index >= 15 is 0 Å². The molecule has 0 radical (unpaired) electrons. The molecule has 40 heavy (non-hydrogen) atoms. The number of imidazole rings is 1. The number of aliphatic hydroxyl groups excluding tert-OH is 1. The monoisotopic (exact) mass is 558 g/mol. The molecule has 5 rings (SSSR count). The van der Waals surface area contributed by atoms with Gasteiger partial charge >= 0.3 is 0 Å². The van der Waals surface area contributed by atoms with Gasteiger partial charge in [-0.3, -0.25) is 14.9 Å². The number of nitrogens with one attached hydrogen (secondary N) is 1. The second-order valence-corrected chi connectivity index (χ2v) is 11.9. The van der Waals surface area contributed by atoms with E-state index in [-0.39, 0.29) is 35.5 Å². The Morgan fingerprint density at radius 3 is 2.83 bits per heavy atom. The molecule has 0 saturated carbocycles. The van der Waals surface area contributed by atoms with Crippen LogP contribution in [0.25, 0.3) is 21.7 Å². The van der Waals surface area contributed by atoms with Crippen LogP contribution in [0.3, 0.4) is 0 Å². The summed E-state index contributed by atoms with van der Waals surface area (Å²) < 4.78 is 7.24. The Morgan fingerprint density at radius 1 is 1.30 bits per heavy atom. The predicted octanol–water partition coefficient (Wildman–Crippen LogP) is 4.98. The van der Waals surface area contributed by atoms with Crippen LogP contribution < -0.4 is 5.32 Å². The van der Waals surface area contributed by atoms with Crippen LogP contribution in [0.15, 0.2) is 59.0 Å². The molecule has 1 aliphatic rings. The van der Waals surface area contributed by atoms with Crippen LogP contribution in [0.5, 0.6) is 0 Å². The lowest BCUT2D eigenvalue weighted by atomic mass is 9.93. The van der Waals surface area contributed by atoms with Crippen molar-refractivity contribution in [2.24, 2.45) is 5.41 Å². The van der Waals surface area contributed by atoms with Gasteiger partial charge in [-0.25, -0.2) is 9.97 Å². The summed E-state index contributed by atoms with van der Waals surface area (Å²) >= 11 is 1.28. The average Bonchev–Trinajstić information content (AvgIpc) is 3.73. The third kappa shape index (κ3) is 5.68. The zero-order chi connectivity index (χ0) is 28.4. The van der Waals surface area contributed by atoms with Gasteiger partial charge in [-0.05, 0) is 48.1 Å². The Hall–Kier alpha value is -4.27. The first kappa shape index (κ1) is 27.3. The van der Waals surface area contributed by atoms with E-state index in [2.05, 4.69) is 21.4 Å². The van der Waals surface area contributed by atoms with E-state index in [1.54, 1.807) is 35.4 Å². The van der Waals surface area contributed by atoms with Crippen molar-refractivity contribution < 1.29 is 19.1 Å². The standard InChI is InChI=1S/C29H30N6O4S/c1-29(2,3)12-19(13-30)27(38)34-10-4-5-20(34)15-35-22-7-6-18(16-36)11-21(22)32-28(35)33-26(37)25-9-8-24(40-25)23-14-31-17-39-23/h6-9,11-12,14,17,20,36H,4-5,10,15-16H2,1-3H3,(H,32,33,37). The summed E-state index contributed by atoms with van der Waals surface area (Å²) in [5.41, 5.74) is 1.92. The predicted molar refractivity (Wildman–Crippen MR) is 151 cm³/mol. The van der Waals surface area contributed by atoms with Gasteiger partial charge < -0.3 is 19.0 Å². The molecule has 2 amide bonds. The minimum Gasteiger partial charge on any atom is -0.443 e. The number of nitrogens with zero attached hydrogens (tertiary/aromatic N) is 5. The molecule has 1 atom stereocenters. The number of oxazole rings is 1. The number of anilines is 1. The molecule has 3 aromatic heterocycles. The summed E-state index contributed by atoms with van der Waals surface area (Å²) in [6, 6.07) is 10.9. The second-order valence-electron chi connectivity index (χ2n) is 10.8. The molecule has 2 N–H and O–H groups in total. The molecule has 1 unspecified atom stereocenters. The maximum Gasteiger partial charge on any atom is 0.268 e. The lowest BCUT2D eigenvalue weighted by Gasteiger charge is -2.26. The van der Waals surface area contributed by atoms with Gasteiger partial charge in [-0.1, -0.05) is 32.9 Å². The number of benzene rings is 1. The fourth-order valence-electron chi connectivity index (χ4n) is 4.88. The second kappa shape index (κ2) is 11.1. The number of likely N-dealkylation sites (tertiary alicyclic amines) is 1. The highest BCUT2D eigenvalue weighted by atomic mass is 32.1. The number of nitriles is 1. The number of allylic oxidation sites excluding steroid dienone is 1. The molecule has 1 aliphatic heterocycles. The quantitative estimate of drug-likeness (QED) is 0.241. The lowest BCUT2D eigenvalue weighted by Crippen LogP contribution is -2.39. The first-order chi connectivity index (χ1) is 19.2. The number of thiophene rings is 1. The highest BCUT2D eigenvalue weighted by Gasteiger charge is 2.32. The van der Waals surface area contributed by atoms with Crippen molar-refractivity contribution in [3.05, 3.63) is 65.0 Å². The number of amides is 2. The number of hydrogen-bond acceptors (Lipinski definition) is 8. The summed E-state index contributed by atoms with van der Waals surface area (Å²) in [6.07, 6.45) is 6.22. The number of aliphatic hydroxyl groups is 1. The largest absolute Gasteiger partial charge is 0.443 e. The Morgan fingerprint density at radius 2 is 2.12 bits per heavy atom. The molecule has 4 heterocycles. The van der Waals surface area contributed by atoms with E-state index < -0.39 is 0 Å². The van der Waals surface area contributed by atoms with Gasteiger partial charge in [0.2, 0.25) is 5.95 Å². The van der Waals surface area contributed by atoms with Gasteiger partial charge in [0, 0.05) is 13.1 Å². The highest BCUT2D eigenvalue weighted by Crippen LogP contribution is 2.30. The zero-order valence-electron chi connectivity index (χ0n) is 22.5. The Kier molecular flexibility index (Phi) is 7.56. The first-order valence-electron chi connectivity index (χ1n) is 13.0. The molecule has 0 aliphatic carbocycles. The van der Waals surface area contributed by atoms with Gasteiger partial charge in [0.25, 0.3) is 11.8 Å². The Labute approximate surface area is 235 Å². The summed E-state index contributed by atoms with van der Waals surface area (Å²) in [7, 11) is 0. The van der Waals surface area contributed by atoms with Crippen molar-refractivity contribution in [3.8, 4) is 16.7 Å². The van der Waals surface area contributed by atoms with E-state index in [9.17, 15) is 20.0 Å². The number of hydrogen-bond donors (Lipinski definition) is 2. The lowest BCUT2D eigenvalue weighted by molar-refractivity contribution is -0.127. The summed E-state index contributed by atoms with van der Waals surface area (Å²) in [5, 5.41) is 22.3. The molecule has 10 nitrogen and oxygen atoms in total. The first-order valence-corrected chi connectivity index (χ1v) is 13.8. The SMILES string of the molecule is CC(C)(C)C=C(C#N)C(=O)N1CCCC1Cn1c(NC(=O)c2ccc(-c3cnco3)s2)nc2cc(CO)ccc21. The van der Waals surface area contributed by atoms with Gasteiger partial charge in [0.15, 0.2) is 12.2 Å². The van der Waals surface area contributed by atoms with Crippen molar-refractivity contribution in [2.75, 3.05) is 11.9 Å². The third-order valence-corrected chi connectivity index (χ3v) is 7.78. The van der Waals surface area contributed by atoms with Crippen molar-refractivity contribution in [1.82, 2.24) is 19.4 Å². The molecular weight excluding hydrogens is 528 g/mol. The maximum atomic E-state index is 13.4. The van der Waals surface area contributed by atoms with Crippen LogP contribution in [-0.2, 0) is 17.9 Å². The smallest absolute Gasteiger partial charge is 0.268 e. The van der Waals surface area contributed by atoms with E-state index in [0.29, 0.717) is 40.8 Å². The van der Waals surface area contributed by atoms with E-state index in [0.717, 1.165) is 23.2 Å². The number of aromatic nitrogens is 3. The molecular formula is C29H30N6O4S. The minimum atomic E-state index is -0.325. The Balaban J connectivity index is 1.45. The fraction of sp³-hybridized carbons (Fsp3) is 0.345. The maximum absolute atomic E-state index is 13.4. The van der Waals surface area contributed by atoms with Crippen LogP contribution >= 0.6 is 11.3 Å². The van der Waals surface area contributed by atoms with Crippen molar-refractivity contribution in [2.45, 2.75) is 52.8 Å². The molecule has 0 spiro atoms. The van der Waals surface area contributed by atoms with E-state index in [1.165, 1.54) is 17.7 Å². The molecule has 1 aromatic carbocycles. The molecule has 0 bridgehead atoms. The molecule has 4 aromatic rings. The van der Waals surface area contributed by atoms with Crippen molar-refractivity contribution in [3.63, 3.8) is 0 Å². The zero-order valence-corrected chi connectivity index (χ0v) is 23.4. The normalized spacial score (nSPS) is 15.9. The summed E-state index contributed by atoms with van der Waals surface area (Å²) in [6.45, 7) is 6.66. The fourth-order valence-corrected chi connectivity index (χ4v) is 5.73. The third-order valence-electron chi connectivity index (χ3n) is 6.69. The molecule has 11 heteroatoms. The van der Waals surface area contributed by atoms with Crippen LogP contribution in [0, 0.1) is 16.7 Å². The number of fused-ring (bicyclic) bond motifs is 1. The van der Waals surface area contributed by atoms with Gasteiger partial charge in [-0.15, -0.1) is 11.3 Å². The van der Waals surface area contributed by atoms with Crippen LogP contribution in [0.4, 0.5) is 5.95 Å². The van der Waals surface area contributed by atoms with Crippen LogP contribution in [0.1, 0.15) is 48.8 Å². The van der Waals surface area contributed by atoms with E-state index in [1.807, 2.05) is 37.5 Å². The van der Waals surface area contributed by atoms with E-state index in [4.69, 9.17) is 4.42 Å². The van der Waals surface area contributed by atoms with Crippen LogP contribution in [-0.4, -0.2) is 48.9 Å². The Bertz CT molecular complexity index is 1620. The van der Waals surface area contributed by atoms with Gasteiger partial charge in [-0.2, -0.15) is 5.26 Å². The minimum absolute atomic E-state index is 0.133. The highest BCUT2D eigenvalue weighted by molar-refractivity contribution is 7.17. The molecule has 1 fully saturated rings. The van der Waals surface area contributed by atoms with Gasteiger partial charge in [0.1, 0.15) is 11.6 Å². The topological polar surface area (TPSA) is 137 Å².